The molecule has 0 aromatic carbocycles. The van der Waals surface area contributed by atoms with Gasteiger partial charge in [0.1, 0.15) is 0 Å². The van der Waals surface area contributed by atoms with E-state index in [0.717, 1.165) is 32.6 Å². The number of nitrogens with zero attached hydrogens (tertiary/aromatic N) is 1. The van der Waals surface area contributed by atoms with Crippen molar-refractivity contribution in [2.75, 3.05) is 32.8 Å². The van der Waals surface area contributed by atoms with Gasteiger partial charge in [-0.3, -0.25) is 4.79 Å². The second-order valence-electron chi connectivity index (χ2n) is 5.49. The van der Waals surface area contributed by atoms with E-state index in [4.69, 9.17) is 4.74 Å². The lowest BCUT2D eigenvalue weighted by Crippen LogP contribution is -2.50. The standard InChI is InChI=1S/C12H22N2O2/c1-12(2)9-14(5-6-16-12)11(15)7-10-3-4-13-8-10/h10,13H,3-9H2,1-2H3. The Bertz CT molecular complexity index is 260. The van der Waals surface area contributed by atoms with Crippen molar-refractivity contribution in [3.8, 4) is 0 Å². The molecule has 2 heterocycles. The number of amides is 1. The third-order valence-electron chi connectivity index (χ3n) is 3.40. The number of ether oxygens (including phenoxy) is 1. The number of rotatable bonds is 2. The minimum absolute atomic E-state index is 0.179. The van der Waals surface area contributed by atoms with Crippen molar-refractivity contribution < 1.29 is 9.53 Å². The molecule has 2 fully saturated rings. The molecule has 0 aliphatic carbocycles. The predicted molar refractivity (Wildman–Crippen MR) is 62.2 cm³/mol. The van der Waals surface area contributed by atoms with Gasteiger partial charge in [-0.25, -0.2) is 0 Å². The molecule has 0 aromatic heterocycles. The molecule has 92 valence electrons. The zero-order valence-corrected chi connectivity index (χ0v) is 10.3. The molecule has 2 aliphatic rings. The Labute approximate surface area is 97.3 Å². The summed E-state index contributed by atoms with van der Waals surface area (Å²) in [5, 5.41) is 3.30. The number of nitrogens with one attached hydrogen (secondary N) is 1. The van der Waals surface area contributed by atoms with Crippen molar-refractivity contribution in [3.05, 3.63) is 0 Å². The smallest absolute Gasteiger partial charge is 0.223 e. The zero-order chi connectivity index (χ0) is 11.6. The fourth-order valence-electron chi connectivity index (χ4n) is 2.49. The molecule has 0 radical (unpaired) electrons. The van der Waals surface area contributed by atoms with Gasteiger partial charge in [-0.2, -0.15) is 0 Å². The summed E-state index contributed by atoms with van der Waals surface area (Å²) in [6, 6.07) is 0. The van der Waals surface area contributed by atoms with E-state index in [0.29, 0.717) is 24.9 Å². The highest BCUT2D eigenvalue weighted by Gasteiger charge is 2.31. The van der Waals surface area contributed by atoms with Crippen LogP contribution >= 0.6 is 0 Å². The Morgan fingerprint density at radius 3 is 3.00 bits per heavy atom. The minimum Gasteiger partial charge on any atom is -0.372 e. The van der Waals surface area contributed by atoms with Gasteiger partial charge in [0.15, 0.2) is 0 Å². The molecule has 2 aliphatic heterocycles. The van der Waals surface area contributed by atoms with Gasteiger partial charge in [-0.1, -0.05) is 0 Å². The molecular weight excluding hydrogens is 204 g/mol. The number of morpholine rings is 1. The molecule has 1 atom stereocenters. The van der Waals surface area contributed by atoms with Crippen molar-refractivity contribution in [1.29, 1.82) is 0 Å². The Balaban J connectivity index is 1.84. The van der Waals surface area contributed by atoms with Crippen LogP contribution < -0.4 is 5.32 Å². The van der Waals surface area contributed by atoms with Crippen LogP contribution in [0.1, 0.15) is 26.7 Å². The van der Waals surface area contributed by atoms with E-state index in [1.807, 2.05) is 18.7 Å². The average molecular weight is 226 g/mol. The number of carbonyl (C=O) groups is 1. The van der Waals surface area contributed by atoms with Gasteiger partial charge in [0.05, 0.1) is 12.2 Å². The van der Waals surface area contributed by atoms with Crippen LogP contribution in [0.2, 0.25) is 0 Å². The quantitative estimate of drug-likeness (QED) is 0.750. The van der Waals surface area contributed by atoms with E-state index in [2.05, 4.69) is 5.32 Å². The fourth-order valence-corrected chi connectivity index (χ4v) is 2.49. The predicted octanol–water partition coefficient (Wildman–Crippen LogP) is 0.623. The highest BCUT2D eigenvalue weighted by molar-refractivity contribution is 5.76. The normalized spacial score (nSPS) is 29.4. The number of carbonyl (C=O) groups excluding carboxylic acids is 1. The van der Waals surface area contributed by atoms with Crippen LogP contribution in [0, 0.1) is 5.92 Å². The summed E-state index contributed by atoms with van der Waals surface area (Å²) in [6.45, 7) is 8.30. The maximum atomic E-state index is 12.1. The fraction of sp³-hybridized carbons (Fsp3) is 0.917. The lowest BCUT2D eigenvalue weighted by atomic mass is 10.0. The summed E-state index contributed by atoms with van der Waals surface area (Å²) in [6.07, 6.45) is 1.84. The van der Waals surface area contributed by atoms with E-state index < -0.39 is 0 Å². The van der Waals surface area contributed by atoms with Gasteiger partial charge in [0.25, 0.3) is 0 Å². The average Bonchev–Trinajstić information content (AvgIpc) is 2.69. The second-order valence-corrected chi connectivity index (χ2v) is 5.49. The minimum atomic E-state index is -0.179. The lowest BCUT2D eigenvalue weighted by molar-refractivity contribution is -0.146. The molecule has 4 heteroatoms. The van der Waals surface area contributed by atoms with E-state index in [-0.39, 0.29) is 5.60 Å². The number of hydrogen-bond acceptors (Lipinski definition) is 3. The first-order valence-electron chi connectivity index (χ1n) is 6.19. The van der Waals surface area contributed by atoms with E-state index in [9.17, 15) is 4.79 Å². The molecule has 4 nitrogen and oxygen atoms in total. The zero-order valence-electron chi connectivity index (χ0n) is 10.3. The molecule has 1 amide bonds. The van der Waals surface area contributed by atoms with Crippen LogP contribution in [0.5, 0.6) is 0 Å². The second kappa shape index (κ2) is 4.72. The first kappa shape index (κ1) is 11.9. The van der Waals surface area contributed by atoms with Crippen LogP contribution in [-0.4, -0.2) is 49.2 Å². The molecule has 2 saturated heterocycles. The summed E-state index contributed by atoms with van der Waals surface area (Å²) < 4.78 is 5.61. The molecule has 0 aromatic rings. The van der Waals surface area contributed by atoms with Gasteiger partial charge in [-0.05, 0) is 39.3 Å². The first-order valence-corrected chi connectivity index (χ1v) is 6.19. The van der Waals surface area contributed by atoms with Crippen LogP contribution in [0.3, 0.4) is 0 Å². The molecule has 0 saturated carbocycles. The van der Waals surface area contributed by atoms with Gasteiger partial charge >= 0.3 is 0 Å². The van der Waals surface area contributed by atoms with E-state index in [1.165, 1.54) is 0 Å². The highest BCUT2D eigenvalue weighted by Crippen LogP contribution is 2.19. The maximum Gasteiger partial charge on any atom is 0.223 e. The largest absolute Gasteiger partial charge is 0.372 e. The molecule has 0 spiro atoms. The van der Waals surface area contributed by atoms with E-state index in [1.54, 1.807) is 0 Å². The maximum absolute atomic E-state index is 12.1. The lowest BCUT2D eigenvalue weighted by Gasteiger charge is -2.38. The van der Waals surface area contributed by atoms with Crippen molar-refractivity contribution in [1.82, 2.24) is 10.2 Å². The molecule has 2 rings (SSSR count). The molecule has 1 unspecified atom stereocenters. The van der Waals surface area contributed by atoms with Crippen molar-refractivity contribution in [2.24, 2.45) is 5.92 Å². The van der Waals surface area contributed by atoms with E-state index >= 15 is 0 Å². The SMILES string of the molecule is CC1(C)CN(C(=O)CC2CCNC2)CCO1. The van der Waals surface area contributed by atoms with Crippen molar-refractivity contribution in [2.45, 2.75) is 32.3 Å². The third kappa shape index (κ3) is 2.95. The highest BCUT2D eigenvalue weighted by atomic mass is 16.5. The Morgan fingerprint density at radius 2 is 2.38 bits per heavy atom. The van der Waals surface area contributed by atoms with Crippen LogP contribution in [0.4, 0.5) is 0 Å². The van der Waals surface area contributed by atoms with Crippen molar-refractivity contribution >= 4 is 5.91 Å². The van der Waals surface area contributed by atoms with Gasteiger partial charge in [-0.15, -0.1) is 0 Å². The summed E-state index contributed by atoms with van der Waals surface area (Å²) in [7, 11) is 0. The first-order chi connectivity index (χ1) is 7.57. The molecular formula is C12H22N2O2. The summed E-state index contributed by atoms with van der Waals surface area (Å²) >= 11 is 0. The van der Waals surface area contributed by atoms with Crippen molar-refractivity contribution in [3.63, 3.8) is 0 Å². The summed E-state index contributed by atoms with van der Waals surface area (Å²) in [4.78, 5) is 14.0. The monoisotopic (exact) mass is 226 g/mol. The van der Waals surface area contributed by atoms with Crippen LogP contribution in [-0.2, 0) is 9.53 Å². The Morgan fingerprint density at radius 1 is 1.56 bits per heavy atom. The third-order valence-corrected chi connectivity index (χ3v) is 3.40. The molecule has 0 bridgehead atoms. The topological polar surface area (TPSA) is 41.6 Å². The van der Waals surface area contributed by atoms with Gasteiger partial charge < -0.3 is 15.0 Å². The molecule has 16 heavy (non-hydrogen) atoms. The Hall–Kier alpha value is -0.610. The molecule has 1 N–H and O–H groups in total. The summed E-state index contributed by atoms with van der Waals surface area (Å²) in [5.41, 5.74) is -0.179. The van der Waals surface area contributed by atoms with Gasteiger partial charge in [0, 0.05) is 19.5 Å². The number of hydrogen-bond donors (Lipinski definition) is 1. The van der Waals surface area contributed by atoms with Crippen LogP contribution in [0.15, 0.2) is 0 Å². The Kier molecular flexibility index (Phi) is 3.50. The summed E-state index contributed by atoms with van der Waals surface area (Å²) in [5.74, 6) is 0.837. The van der Waals surface area contributed by atoms with Gasteiger partial charge in [0.2, 0.25) is 5.91 Å². The van der Waals surface area contributed by atoms with Crippen LogP contribution in [0.25, 0.3) is 0 Å².